The van der Waals surface area contributed by atoms with Crippen LogP contribution in [-0.4, -0.2) is 48.7 Å². The summed E-state index contributed by atoms with van der Waals surface area (Å²) in [4.78, 5) is 26.6. The highest BCUT2D eigenvalue weighted by Gasteiger charge is 2.26. The van der Waals surface area contributed by atoms with Crippen LogP contribution in [0.3, 0.4) is 0 Å². The van der Waals surface area contributed by atoms with E-state index < -0.39 is 5.97 Å². The lowest BCUT2D eigenvalue weighted by molar-refractivity contribution is -0.146. The molecule has 1 saturated heterocycles. The summed E-state index contributed by atoms with van der Waals surface area (Å²) in [6.07, 6.45) is -0.0569. The molecule has 1 aliphatic rings. The van der Waals surface area contributed by atoms with E-state index >= 15 is 0 Å². The minimum Gasteiger partial charge on any atom is -0.489 e. The Labute approximate surface area is 165 Å². The van der Waals surface area contributed by atoms with Gasteiger partial charge in [0.25, 0.3) is 5.91 Å². The number of amides is 1. The third-order valence-electron chi connectivity index (χ3n) is 4.47. The quantitative estimate of drug-likeness (QED) is 0.718. The lowest BCUT2D eigenvalue weighted by Crippen LogP contribution is -2.49. The molecule has 28 heavy (non-hydrogen) atoms. The van der Waals surface area contributed by atoms with Gasteiger partial charge >= 0.3 is 5.97 Å². The first-order valence-corrected chi connectivity index (χ1v) is 9.39. The Morgan fingerprint density at radius 3 is 2.36 bits per heavy atom. The van der Waals surface area contributed by atoms with Crippen molar-refractivity contribution in [2.24, 2.45) is 0 Å². The number of carbonyl (C=O) groups excluding carboxylic acids is 2. The van der Waals surface area contributed by atoms with Gasteiger partial charge in [-0.05, 0) is 32.0 Å². The maximum Gasteiger partial charge on any atom is 0.339 e. The number of para-hydroxylation sites is 1. The monoisotopic (exact) mass is 383 g/mol. The van der Waals surface area contributed by atoms with Crippen molar-refractivity contribution in [2.45, 2.75) is 32.7 Å². The first-order valence-electron chi connectivity index (χ1n) is 9.39. The molecule has 148 valence electrons. The SMILES string of the molecule is C[C@@H]1CN(C(=O)COC(=O)c2ccccc2COc2ccccc2)C[C@H](C)O1. The summed E-state index contributed by atoms with van der Waals surface area (Å²) in [7, 11) is 0. The number of morpholine rings is 1. The van der Waals surface area contributed by atoms with Gasteiger partial charge in [0.05, 0.1) is 17.8 Å². The molecule has 6 heteroatoms. The van der Waals surface area contributed by atoms with Gasteiger partial charge in [-0.25, -0.2) is 4.79 Å². The van der Waals surface area contributed by atoms with Crippen LogP contribution in [-0.2, 0) is 20.9 Å². The normalized spacial score (nSPS) is 19.1. The zero-order chi connectivity index (χ0) is 19.9. The lowest BCUT2D eigenvalue weighted by Gasteiger charge is -2.35. The van der Waals surface area contributed by atoms with E-state index in [-0.39, 0.29) is 31.3 Å². The number of ether oxygens (including phenoxy) is 3. The molecule has 0 bridgehead atoms. The Balaban J connectivity index is 1.57. The molecule has 2 aromatic carbocycles. The highest BCUT2D eigenvalue weighted by atomic mass is 16.5. The average Bonchev–Trinajstić information content (AvgIpc) is 2.70. The van der Waals surface area contributed by atoms with Crippen molar-refractivity contribution in [3.63, 3.8) is 0 Å². The number of rotatable bonds is 6. The third kappa shape index (κ3) is 5.33. The molecule has 0 N–H and O–H groups in total. The smallest absolute Gasteiger partial charge is 0.339 e. The number of nitrogens with zero attached hydrogens (tertiary/aromatic N) is 1. The van der Waals surface area contributed by atoms with Crippen molar-refractivity contribution in [2.75, 3.05) is 19.7 Å². The molecular weight excluding hydrogens is 358 g/mol. The number of benzene rings is 2. The fraction of sp³-hybridized carbons (Fsp3) is 0.364. The molecular formula is C22H25NO5. The Morgan fingerprint density at radius 2 is 1.64 bits per heavy atom. The van der Waals surface area contributed by atoms with Gasteiger partial charge in [0.1, 0.15) is 12.4 Å². The van der Waals surface area contributed by atoms with Crippen molar-refractivity contribution in [1.82, 2.24) is 4.90 Å². The standard InChI is InChI=1S/C22H25NO5/c1-16-12-23(13-17(2)28-16)21(24)15-27-22(25)20-11-7-6-8-18(20)14-26-19-9-4-3-5-10-19/h3-11,16-17H,12-15H2,1-2H3/t16-,17+. The Bertz CT molecular complexity index is 798. The van der Waals surface area contributed by atoms with E-state index in [2.05, 4.69) is 0 Å². The molecule has 1 amide bonds. The van der Waals surface area contributed by atoms with Crippen molar-refractivity contribution < 1.29 is 23.8 Å². The molecule has 2 atom stereocenters. The van der Waals surface area contributed by atoms with E-state index in [1.54, 1.807) is 17.0 Å². The van der Waals surface area contributed by atoms with E-state index in [1.807, 2.05) is 56.3 Å². The predicted octanol–water partition coefficient (Wildman–Crippen LogP) is 3.06. The number of carbonyl (C=O) groups is 2. The maximum atomic E-state index is 12.5. The van der Waals surface area contributed by atoms with E-state index in [4.69, 9.17) is 14.2 Å². The largest absolute Gasteiger partial charge is 0.489 e. The van der Waals surface area contributed by atoms with Crippen LogP contribution in [0.5, 0.6) is 5.75 Å². The zero-order valence-corrected chi connectivity index (χ0v) is 16.2. The van der Waals surface area contributed by atoms with E-state index in [0.29, 0.717) is 24.2 Å². The number of esters is 1. The third-order valence-corrected chi connectivity index (χ3v) is 4.47. The summed E-state index contributed by atoms with van der Waals surface area (Å²) in [5.41, 5.74) is 1.10. The van der Waals surface area contributed by atoms with Crippen molar-refractivity contribution in [3.05, 3.63) is 65.7 Å². The predicted molar refractivity (Wildman–Crippen MR) is 104 cm³/mol. The van der Waals surface area contributed by atoms with Crippen LogP contribution >= 0.6 is 0 Å². The molecule has 0 spiro atoms. The molecule has 0 radical (unpaired) electrons. The van der Waals surface area contributed by atoms with E-state index in [0.717, 1.165) is 5.75 Å². The topological polar surface area (TPSA) is 65.1 Å². The van der Waals surface area contributed by atoms with Gasteiger partial charge < -0.3 is 19.1 Å². The summed E-state index contributed by atoms with van der Waals surface area (Å²) >= 11 is 0. The van der Waals surface area contributed by atoms with Crippen LogP contribution in [0, 0.1) is 0 Å². The zero-order valence-electron chi connectivity index (χ0n) is 16.2. The summed E-state index contributed by atoms with van der Waals surface area (Å²) in [5.74, 6) is -0.0280. The fourth-order valence-electron chi connectivity index (χ4n) is 3.20. The fourth-order valence-corrected chi connectivity index (χ4v) is 3.20. The van der Waals surface area contributed by atoms with Gasteiger partial charge in [0, 0.05) is 18.7 Å². The molecule has 1 heterocycles. The van der Waals surface area contributed by atoms with Crippen molar-refractivity contribution in [1.29, 1.82) is 0 Å². The molecule has 2 aromatic rings. The maximum absolute atomic E-state index is 12.5. The molecule has 1 aliphatic heterocycles. The van der Waals surface area contributed by atoms with Crippen LogP contribution in [0.25, 0.3) is 0 Å². The number of hydrogen-bond donors (Lipinski definition) is 0. The summed E-state index contributed by atoms with van der Waals surface area (Å²) < 4.78 is 16.6. The van der Waals surface area contributed by atoms with Crippen molar-refractivity contribution >= 4 is 11.9 Å². The van der Waals surface area contributed by atoms with Gasteiger partial charge in [0.2, 0.25) is 0 Å². The molecule has 3 rings (SSSR count). The molecule has 0 aliphatic carbocycles. The Morgan fingerprint density at radius 1 is 1.00 bits per heavy atom. The minimum atomic E-state index is -0.532. The Hall–Kier alpha value is -2.86. The summed E-state index contributed by atoms with van der Waals surface area (Å²) in [5, 5.41) is 0. The summed E-state index contributed by atoms with van der Waals surface area (Å²) in [6.45, 7) is 4.80. The van der Waals surface area contributed by atoms with Gasteiger partial charge in [0.15, 0.2) is 6.61 Å². The highest BCUT2D eigenvalue weighted by molar-refractivity contribution is 5.92. The number of hydrogen-bond acceptors (Lipinski definition) is 5. The first kappa shape index (κ1) is 19.9. The molecule has 0 saturated carbocycles. The van der Waals surface area contributed by atoms with Crippen LogP contribution in [0.1, 0.15) is 29.8 Å². The lowest BCUT2D eigenvalue weighted by atomic mass is 10.1. The molecule has 1 fully saturated rings. The van der Waals surface area contributed by atoms with Crippen LogP contribution < -0.4 is 4.74 Å². The average molecular weight is 383 g/mol. The minimum absolute atomic E-state index is 0.0285. The van der Waals surface area contributed by atoms with Crippen molar-refractivity contribution in [3.8, 4) is 5.75 Å². The van der Waals surface area contributed by atoms with Crippen LogP contribution in [0.2, 0.25) is 0 Å². The molecule has 6 nitrogen and oxygen atoms in total. The van der Waals surface area contributed by atoms with Gasteiger partial charge in [-0.15, -0.1) is 0 Å². The van der Waals surface area contributed by atoms with Gasteiger partial charge in [-0.3, -0.25) is 4.79 Å². The Kier molecular flexibility index (Phi) is 6.66. The second kappa shape index (κ2) is 9.37. The molecule has 0 unspecified atom stereocenters. The van der Waals surface area contributed by atoms with Gasteiger partial charge in [-0.2, -0.15) is 0 Å². The van der Waals surface area contributed by atoms with Crippen LogP contribution in [0.4, 0.5) is 0 Å². The first-order chi connectivity index (χ1) is 13.5. The van der Waals surface area contributed by atoms with Crippen LogP contribution in [0.15, 0.2) is 54.6 Å². The second-order valence-corrected chi connectivity index (χ2v) is 6.89. The molecule has 0 aromatic heterocycles. The summed E-state index contributed by atoms with van der Waals surface area (Å²) in [6, 6.07) is 16.5. The second-order valence-electron chi connectivity index (χ2n) is 6.89. The highest BCUT2D eigenvalue weighted by Crippen LogP contribution is 2.16. The van der Waals surface area contributed by atoms with E-state index in [1.165, 1.54) is 0 Å². The van der Waals surface area contributed by atoms with E-state index in [9.17, 15) is 9.59 Å². The van der Waals surface area contributed by atoms with Gasteiger partial charge in [-0.1, -0.05) is 36.4 Å².